The smallest absolute Gasteiger partial charge is 0.271 e. The van der Waals surface area contributed by atoms with Crippen LogP contribution in [0.15, 0.2) is 6.20 Å². The van der Waals surface area contributed by atoms with Crippen LogP contribution in [-0.2, 0) is 0 Å². The van der Waals surface area contributed by atoms with Gasteiger partial charge in [-0.05, 0) is 18.8 Å². The molecule has 1 saturated carbocycles. The van der Waals surface area contributed by atoms with E-state index in [1.807, 2.05) is 0 Å². The van der Waals surface area contributed by atoms with Gasteiger partial charge < -0.3 is 11.1 Å². The molecular formula is C11H18N4O. The van der Waals surface area contributed by atoms with Crippen molar-refractivity contribution < 1.29 is 4.79 Å². The summed E-state index contributed by atoms with van der Waals surface area (Å²) in [6.45, 7) is 2.09. The summed E-state index contributed by atoms with van der Waals surface area (Å²) < 4.78 is 0. The zero-order chi connectivity index (χ0) is 11.5. The molecule has 0 radical (unpaired) electrons. The number of hydrogen-bond donors (Lipinski definition) is 3. The first kappa shape index (κ1) is 11.0. The maximum Gasteiger partial charge on any atom is 0.271 e. The molecule has 0 spiro atoms. The molecule has 0 bridgehead atoms. The highest BCUT2D eigenvalue weighted by Gasteiger charge is 2.26. The van der Waals surface area contributed by atoms with Crippen LogP contribution in [0.5, 0.6) is 0 Å². The summed E-state index contributed by atoms with van der Waals surface area (Å²) >= 11 is 0. The Labute approximate surface area is 94.8 Å². The number of carbonyl (C=O) groups is 1. The van der Waals surface area contributed by atoms with E-state index in [1.165, 1.54) is 19.0 Å². The van der Waals surface area contributed by atoms with Crippen LogP contribution in [-0.4, -0.2) is 22.1 Å². The standard InChI is InChI=1S/C11H18N4O/c1-2-8(5-7-3-4-7)14-11(16)10-9(12)6-13-15-10/h6-8H,2-5,12H2,1H3,(H,13,15)(H,14,16). The molecule has 16 heavy (non-hydrogen) atoms. The van der Waals surface area contributed by atoms with E-state index in [2.05, 4.69) is 22.4 Å². The van der Waals surface area contributed by atoms with Gasteiger partial charge in [0.05, 0.1) is 11.9 Å². The summed E-state index contributed by atoms with van der Waals surface area (Å²) in [5, 5.41) is 9.35. The highest BCUT2D eigenvalue weighted by molar-refractivity contribution is 5.97. The van der Waals surface area contributed by atoms with E-state index in [4.69, 9.17) is 5.73 Å². The van der Waals surface area contributed by atoms with Crippen LogP contribution in [0, 0.1) is 5.92 Å². The summed E-state index contributed by atoms with van der Waals surface area (Å²) in [5.74, 6) is 0.659. The second-order valence-corrected chi connectivity index (χ2v) is 4.46. The maximum absolute atomic E-state index is 11.8. The summed E-state index contributed by atoms with van der Waals surface area (Å²) in [4.78, 5) is 11.8. The zero-order valence-electron chi connectivity index (χ0n) is 9.49. The van der Waals surface area contributed by atoms with Crippen molar-refractivity contribution >= 4 is 11.6 Å². The van der Waals surface area contributed by atoms with Crippen LogP contribution in [0.25, 0.3) is 0 Å². The molecule has 88 valence electrons. The van der Waals surface area contributed by atoms with Gasteiger partial charge in [-0.1, -0.05) is 19.8 Å². The lowest BCUT2D eigenvalue weighted by Gasteiger charge is -2.16. The van der Waals surface area contributed by atoms with Crippen molar-refractivity contribution in [1.82, 2.24) is 15.5 Å². The van der Waals surface area contributed by atoms with Gasteiger partial charge in [-0.15, -0.1) is 0 Å². The van der Waals surface area contributed by atoms with Crippen molar-refractivity contribution in [2.75, 3.05) is 5.73 Å². The number of rotatable bonds is 5. The van der Waals surface area contributed by atoms with E-state index in [9.17, 15) is 4.79 Å². The Balaban J connectivity index is 1.91. The lowest BCUT2D eigenvalue weighted by atomic mass is 10.1. The fraction of sp³-hybridized carbons (Fsp3) is 0.636. The Kier molecular flexibility index (Phi) is 3.12. The van der Waals surface area contributed by atoms with Gasteiger partial charge in [0.2, 0.25) is 0 Å². The SMILES string of the molecule is CCC(CC1CC1)NC(=O)c1[nH]ncc1N. The Morgan fingerprint density at radius 1 is 1.75 bits per heavy atom. The number of carbonyl (C=O) groups excluding carboxylic acids is 1. The Bertz CT molecular complexity index is 370. The van der Waals surface area contributed by atoms with Crippen molar-refractivity contribution in [2.24, 2.45) is 5.92 Å². The Hall–Kier alpha value is -1.52. The van der Waals surface area contributed by atoms with E-state index in [0.29, 0.717) is 11.4 Å². The molecule has 0 saturated heterocycles. The molecule has 1 aromatic rings. The molecule has 1 atom stereocenters. The van der Waals surface area contributed by atoms with E-state index in [0.717, 1.165) is 18.8 Å². The monoisotopic (exact) mass is 222 g/mol. The number of nitrogens with one attached hydrogen (secondary N) is 2. The molecule has 1 aromatic heterocycles. The van der Waals surface area contributed by atoms with Crippen molar-refractivity contribution in [3.8, 4) is 0 Å². The van der Waals surface area contributed by atoms with Crippen molar-refractivity contribution in [3.63, 3.8) is 0 Å². The molecular weight excluding hydrogens is 204 g/mol. The Morgan fingerprint density at radius 2 is 2.50 bits per heavy atom. The summed E-state index contributed by atoms with van der Waals surface area (Å²) in [7, 11) is 0. The lowest BCUT2D eigenvalue weighted by Crippen LogP contribution is -2.35. The van der Waals surface area contributed by atoms with Crippen LogP contribution in [0.2, 0.25) is 0 Å². The normalized spacial score (nSPS) is 17.1. The van der Waals surface area contributed by atoms with Crippen molar-refractivity contribution in [3.05, 3.63) is 11.9 Å². The van der Waals surface area contributed by atoms with Gasteiger partial charge in [0, 0.05) is 6.04 Å². The summed E-state index contributed by atoms with van der Waals surface area (Å²) in [6.07, 6.45) is 6.10. The predicted octanol–water partition coefficient (Wildman–Crippen LogP) is 1.30. The van der Waals surface area contributed by atoms with E-state index >= 15 is 0 Å². The quantitative estimate of drug-likeness (QED) is 0.702. The number of nitrogens with zero attached hydrogens (tertiary/aromatic N) is 1. The van der Waals surface area contributed by atoms with Gasteiger partial charge in [-0.3, -0.25) is 9.89 Å². The molecule has 1 aliphatic carbocycles. The maximum atomic E-state index is 11.8. The molecule has 1 amide bonds. The summed E-state index contributed by atoms with van der Waals surface area (Å²) in [6, 6.07) is 0.252. The molecule has 0 aliphatic heterocycles. The third-order valence-electron chi connectivity index (χ3n) is 3.04. The van der Waals surface area contributed by atoms with Crippen molar-refractivity contribution in [2.45, 2.75) is 38.6 Å². The molecule has 1 fully saturated rings. The molecule has 5 nitrogen and oxygen atoms in total. The number of nitrogens with two attached hydrogens (primary N) is 1. The first-order chi connectivity index (χ1) is 7.70. The van der Waals surface area contributed by atoms with Crippen molar-refractivity contribution in [1.29, 1.82) is 0 Å². The first-order valence-corrected chi connectivity index (χ1v) is 5.80. The minimum Gasteiger partial charge on any atom is -0.396 e. The number of H-pyrrole nitrogens is 1. The number of aromatic nitrogens is 2. The summed E-state index contributed by atoms with van der Waals surface area (Å²) in [5.41, 5.74) is 6.39. The first-order valence-electron chi connectivity index (χ1n) is 5.80. The molecule has 1 unspecified atom stereocenters. The average Bonchev–Trinajstić information content (AvgIpc) is 2.97. The number of aromatic amines is 1. The molecule has 1 heterocycles. The highest BCUT2D eigenvalue weighted by Crippen LogP contribution is 2.34. The average molecular weight is 222 g/mol. The molecule has 2 rings (SSSR count). The van der Waals surface area contributed by atoms with Gasteiger partial charge >= 0.3 is 0 Å². The van der Waals surface area contributed by atoms with Crippen LogP contribution in [0.3, 0.4) is 0 Å². The molecule has 1 aliphatic rings. The van der Waals surface area contributed by atoms with Gasteiger partial charge in [-0.2, -0.15) is 5.10 Å². The van der Waals surface area contributed by atoms with Gasteiger partial charge in [0.15, 0.2) is 0 Å². The topological polar surface area (TPSA) is 83.8 Å². The second-order valence-electron chi connectivity index (χ2n) is 4.46. The lowest BCUT2D eigenvalue weighted by molar-refractivity contribution is 0.0928. The van der Waals surface area contributed by atoms with Crippen LogP contribution in [0.4, 0.5) is 5.69 Å². The minimum absolute atomic E-state index is 0.150. The minimum atomic E-state index is -0.150. The predicted molar refractivity (Wildman–Crippen MR) is 61.9 cm³/mol. The van der Waals surface area contributed by atoms with E-state index in [-0.39, 0.29) is 11.9 Å². The molecule has 5 heteroatoms. The van der Waals surface area contributed by atoms with Crippen LogP contribution >= 0.6 is 0 Å². The second kappa shape index (κ2) is 4.55. The van der Waals surface area contributed by atoms with Crippen LogP contribution < -0.4 is 11.1 Å². The van der Waals surface area contributed by atoms with E-state index < -0.39 is 0 Å². The molecule has 4 N–H and O–H groups in total. The largest absolute Gasteiger partial charge is 0.396 e. The third kappa shape index (κ3) is 2.53. The van der Waals surface area contributed by atoms with Crippen LogP contribution in [0.1, 0.15) is 43.1 Å². The fourth-order valence-electron chi connectivity index (χ4n) is 1.82. The Morgan fingerprint density at radius 3 is 3.00 bits per heavy atom. The van der Waals surface area contributed by atoms with Gasteiger partial charge in [0.25, 0.3) is 5.91 Å². The van der Waals surface area contributed by atoms with Gasteiger partial charge in [-0.25, -0.2) is 0 Å². The number of nitrogen functional groups attached to an aromatic ring is 1. The number of amides is 1. The van der Waals surface area contributed by atoms with E-state index in [1.54, 1.807) is 0 Å². The van der Waals surface area contributed by atoms with Gasteiger partial charge in [0.1, 0.15) is 5.69 Å². The number of hydrogen-bond acceptors (Lipinski definition) is 3. The molecule has 0 aromatic carbocycles. The number of anilines is 1. The fourth-order valence-corrected chi connectivity index (χ4v) is 1.82. The highest BCUT2D eigenvalue weighted by atomic mass is 16.2. The third-order valence-corrected chi connectivity index (χ3v) is 3.04. The zero-order valence-corrected chi connectivity index (χ0v) is 9.49.